The molecule has 0 bridgehead atoms. The summed E-state index contributed by atoms with van der Waals surface area (Å²) in [7, 11) is -3.55. The molecule has 1 aromatic carbocycles. The van der Waals surface area contributed by atoms with E-state index in [2.05, 4.69) is 4.72 Å². The molecule has 108 valence electrons. The molecule has 0 aliphatic heterocycles. The highest BCUT2D eigenvalue weighted by Gasteiger charge is 2.24. The van der Waals surface area contributed by atoms with Crippen LogP contribution in [0, 0.1) is 5.92 Å². The van der Waals surface area contributed by atoms with Gasteiger partial charge in [-0.05, 0) is 23.6 Å². The molecule has 0 amide bonds. The third kappa shape index (κ3) is 3.61. The van der Waals surface area contributed by atoms with Gasteiger partial charge in [0.05, 0.1) is 4.34 Å². The van der Waals surface area contributed by atoms with Crippen molar-refractivity contribution in [3.8, 4) is 0 Å². The van der Waals surface area contributed by atoms with Gasteiger partial charge in [0.15, 0.2) is 0 Å². The van der Waals surface area contributed by atoms with Crippen molar-refractivity contribution >= 4 is 33.0 Å². The van der Waals surface area contributed by atoms with Crippen LogP contribution in [0.1, 0.15) is 25.5 Å². The zero-order valence-electron chi connectivity index (χ0n) is 11.2. The quantitative estimate of drug-likeness (QED) is 0.898. The Labute approximate surface area is 128 Å². The van der Waals surface area contributed by atoms with Gasteiger partial charge in [0, 0.05) is 6.04 Å². The Hall–Kier alpha value is -0.880. The second kappa shape index (κ2) is 6.26. The van der Waals surface area contributed by atoms with E-state index < -0.39 is 10.0 Å². The number of hydrogen-bond acceptors (Lipinski definition) is 3. The third-order valence-electron chi connectivity index (χ3n) is 2.92. The molecule has 0 spiro atoms. The second-order valence-electron chi connectivity index (χ2n) is 4.81. The fourth-order valence-corrected chi connectivity index (χ4v) is 4.79. The molecule has 0 saturated carbocycles. The van der Waals surface area contributed by atoms with E-state index in [1.807, 2.05) is 44.2 Å². The molecule has 0 fully saturated rings. The van der Waals surface area contributed by atoms with Crippen LogP contribution in [0.3, 0.4) is 0 Å². The molecule has 1 unspecified atom stereocenters. The molecule has 0 aliphatic carbocycles. The molecule has 0 radical (unpaired) electrons. The lowest BCUT2D eigenvalue weighted by molar-refractivity contribution is 0.463. The van der Waals surface area contributed by atoms with Crippen molar-refractivity contribution in [2.45, 2.75) is 24.1 Å². The van der Waals surface area contributed by atoms with Crippen molar-refractivity contribution in [2.24, 2.45) is 5.92 Å². The molecule has 20 heavy (non-hydrogen) atoms. The standard InChI is InChI=1S/C14H16ClNO2S2/c1-10(2)14(11-6-4-3-5-7-11)16-20(17,18)13-9-8-12(15)19-13/h3-10,14,16H,1-2H3. The van der Waals surface area contributed by atoms with Gasteiger partial charge in [-0.3, -0.25) is 0 Å². The van der Waals surface area contributed by atoms with Crippen LogP contribution < -0.4 is 4.72 Å². The average molecular weight is 330 g/mol. The van der Waals surface area contributed by atoms with Crippen molar-refractivity contribution in [1.29, 1.82) is 0 Å². The fourth-order valence-electron chi connectivity index (χ4n) is 1.92. The molecule has 1 atom stereocenters. The first kappa shape index (κ1) is 15.5. The van der Waals surface area contributed by atoms with Gasteiger partial charge in [-0.1, -0.05) is 55.8 Å². The van der Waals surface area contributed by atoms with E-state index in [0.29, 0.717) is 4.34 Å². The number of rotatable bonds is 5. The SMILES string of the molecule is CC(C)C(NS(=O)(=O)c1ccc(Cl)s1)c1ccccc1. The Morgan fingerprint density at radius 1 is 1.10 bits per heavy atom. The minimum Gasteiger partial charge on any atom is -0.206 e. The van der Waals surface area contributed by atoms with E-state index in [9.17, 15) is 8.42 Å². The molecule has 6 heteroatoms. The smallest absolute Gasteiger partial charge is 0.206 e. The van der Waals surface area contributed by atoms with Gasteiger partial charge in [0.1, 0.15) is 4.21 Å². The molecule has 2 rings (SSSR count). The summed E-state index contributed by atoms with van der Waals surface area (Å²) in [5.74, 6) is 0.141. The van der Waals surface area contributed by atoms with E-state index >= 15 is 0 Å². The molecular weight excluding hydrogens is 314 g/mol. The van der Waals surface area contributed by atoms with E-state index in [1.54, 1.807) is 6.07 Å². The van der Waals surface area contributed by atoms with Crippen molar-refractivity contribution in [3.63, 3.8) is 0 Å². The van der Waals surface area contributed by atoms with E-state index in [0.717, 1.165) is 16.9 Å². The monoisotopic (exact) mass is 329 g/mol. The predicted octanol–water partition coefficient (Wildman–Crippen LogP) is 4.08. The number of hydrogen-bond donors (Lipinski definition) is 1. The highest BCUT2D eigenvalue weighted by molar-refractivity contribution is 7.91. The van der Waals surface area contributed by atoms with Crippen molar-refractivity contribution < 1.29 is 8.42 Å². The maximum atomic E-state index is 12.4. The zero-order valence-corrected chi connectivity index (χ0v) is 13.6. The summed E-state index contributed by atoms with van der Waals surface area (Å²) in [5.41, 5.74) is 0.953. The van der Waals surface area contributed by atoms with Gasteiger partial charge in [-0.25, -0.2) is 13.1 Å². The Kier molecular flexibility index (Phi) is 4.86. The topological polar surface area (TPSA) is 46.2 Å². The summed E-state index contributed by atoms with van der Waals surface area (Å²) in [6.07, 6.45) is 0. The van der Waals surface area contributed by atoms with Crippen molar-refractivity contribution in [1.82, 2.24) is 4.72 Å². The van der Waals surface area contributed by atoms with Gasteiger partial charge in [-0.15, -0.1) is 11.3 Å². The normalized spacial score (nSPS) is 13.6. The van der Waals surface area contributed by atoms with Crippen molar-refractivity contribution in [3.05, 3.63) is 52.4 Å². The first-order chi connectivity index (χ1) is 9.40. The number of nitrogens with one attached hydrogen (secondary N) is 1. The van der Waals surface area contributed by atoms with Crippen LogP contribution in [0.25, 0.3) is 0 Å². The van der Waals surface area contributed by atoms with Gasteiger partial charge in [0.2, 0.25) is 0 Å². The van der Waals surface area contributed by atoms with Crippen molar-refractivity contribution in [2.75, 3.05) is 0 Å². The van der Waals surface area contributed by atoms with Crippen LogP contribution in [0.5, 0.6) is 0 Å². The minimum absolute atomic E-state index is 0.141. The maximum absolute atomic E-state index is 12.4. The van der Waals surface area contributed by atoms with Gasteiger partial charge in [-0.2, -0.15) is 0 Å². The molecule has 1 aromatic heterocycles. The Morgan fingerprint density at radius 2 is 1.75 bits per heavy atom. The summed E-state index contributed by atoms with van der Waals surface area (Å²) < 4.78 is 28.2. The maximum Gasteiger partial charge on any atom is 0.250 e. The number of sulfonamides is 1. The second-order valence-corrected chi connectivity index (χ2v) is 8.47. The average Bonchev–Trinajstić information content (AvgIpc) is 2.84. The molecular formula is C14H16ClNO2S2. The summed E-state index contributed by atoms with van der Waals surface area (Å²) in [4.78, 5) is 0. The molecule has 0 aliphatic rings. The molecule has 1 heterocycles. The van der Waals surface area contributed by atoms with E-state index in [-0.39, 0.29) is 16.2 Å². The third-order valence-corrected chi connectivity index (χ3v) is 6.08. The Bertz CT molecular complexity index is 665. The Balaban J connectivity index is 2.29. The lowest BCUT2D eigenvalue weighted by atomic mass is 9.97. The van der Waals surface area contributed by atoms with Crippen LogP contribution in [-0.2, 0) is 10.0 Å². The number of benzene rings is 1. The summed E-state index contributed by atoms with van der Waals surface area (Å²) in [5, 5.41) is 0. The minimum atomic E-state index is -3.55. The van der Waals surface area contributed by atoms with Crippen LogP contribution >= 0.6 is 22.9 Å². The number of halogens is 1. The molecule has 2 aromatic rings. The lowest BCUT2D eigenvalue weighted by Gasteiger charge is -2.22. The zero-order chi connectivity index (χ0) is 14.8. The van der Waals surface area contributed by atoms with E-state index in [4.69, 9.17) is 11.6 Å². The first-order valence-corrected chi connectivity index (χ1v) is 8.90. The van der Waals surface area contributed by atoms with Crippen LogP contribution in [0.2, 0.25) is 4.34 Å². The molecule has 0 saturated heterocycles. The van der Waals surface area contributed by atoms with Crippen LogP contribution in [-0.4, -0.2) is 8.42 Å². The predicted molar refractivity (Wildman–Crippen MR) is 83.7 cm³/mol. The summed E-state index contributed by atoms with van der Waals surface area (Å²) in [6.45, 7) is 3.98. The molecule has 1 N–H and O–H groups in total. The fraction of sp³-hybridized carbons (Fsp3) is 0.286. The highest BCUT2D eigenvalue weighted by atomic mass is 35.5. The van der Waals surface area contributed by atoms with Crippen LogP contribution in [0.4, 0.5) is 0 Å². The van der Waals surface area contributed by atoms with Gasteiger partial charge >= 0.3 is 0 Å². The Morgan fingerprint density at radius 3 is 2.25 bits per heavy atom. The summed E-state index contributed by atoms with van der Waals surface area (Å²) in [6, 6.07) is 12.4. The largest absolute Gasteiger partial charge is 0.250 e. The molecule has 3 nitrogen and oxygen atoms in total. The van der Waals surface area contributed by atoms with Gasteiger partial charge in [0.25, 0.3) is 10.0 Å². The van der Waals surface area contributed by atoms with Crippen LogP contribution in [0.15, 0.2) is 46.7 Å². The lowest BCUT2D eigenvalue weighted by Crippen LogP contribution is -2.31. The number of thiophene rings is 1. The van der Waals surface area contributed by atoms with E-state index in [1.165, 1.54) is 6.07 Å². The van der Waals surface area contributed by atoms with Gasteiger partial charge < -0.3 is 0 Å². The first-order valence-electron chi connectivity index (χ1n) is 6.23. The summed E-state index contributed by atoms with van der Waals surface area (Å²) >= 11 is 6.87. The highest BCUT2D eigenvalue weighted by Crippen LogP contribution is 2.29.